The lowest BCUT2D eigenvalue weighted by molar-refractivity contribution is 0.0697. The van der Waals surface area contributed by atoms with E-state index >= 15 is 0 Å². The number of H-pyrrole nitrogens is 1. The van der Waals surface area contributed by atoms with Gasteiger partial charge in [0.1, 0.15) is 5.69 Å². The highest BCUT2D eigenvalue weighted by Crippen LogP contribution is 2.32. The first-order valence-electron chi connectivity index (χ1n) is 7.89. The van der Waals surface area contributed by atoms with Gasteiger partial charge in [0.25, 0.3) is 5.56 Å². The van der Waals surface area contributed by atoms with Gasteiger partial charge in [-0.1, -0.05) is 18.2 Å². The van der Waals surface area contributed by atoms with E-state index in [2.05, 4.69) is 11.1 Å². The van der Waals surface area contributed by atoms with Crippen LogP contribution in [0, 0.1) is 0 Å². The fraction of sp³-hybridized carbons (Fsp3) is 0.158. The first-order chi connectivity index (χ1) is 11.6. The quantitative estimate of drug-likeness (QED) is 0.760. The van der Waals surface area contributed by atoms with Gasteiger partial charge < -0.3 is 15.0 Å². The normalized spacial score (nSPS) is 13.8. The van der Waals surface area contributed by atoms with Crippen molar-refractivity contribution in [2.24, 2.45) is 0 Å². The van der Waals surface area contributed by atoms with Gasteiger partial charge in [0.05, 0.1) is 5.56 Å². The largest absolute Gasteiger partial charge is 0.478 e. The predicted molar refractivity (Wildman–Crippen MR) is 93.3 cm³/mol. The Morgan fingerprint density at radius 3 is 2.75 bits per heavy atom. The van der Waals surface area contributed by atoms with Crippen molar-refractivity contribution in [3.63, 3.8) is 0 Å². The zero-order valence-electron chi connectivity index (χ0n) is 13.0. The number of carboxylic acid groups (broad SMARTS) is 1. The maximum absolute atomic E-state index is 12.5. The zero-order valence-corrected chi connectivity index (χ0v) is 13.0. The number of rotatable bonds is 2. The molecular formula is C19H16N2O3. The molecule has 0 atom stereocenters. The van der Waals surface area contributed by atoms with Crippen molar-refractivity contribution in [1.29, 1.82) is 0 Å². The molecule has 5 nitrogen and oxygen atoms in total. The van der Waals surface area contributed by atoms with E-state index in [0.717, 1.165) is 25.1 Å². The van der Waals surface area contributed by atoms with Crippen LogP contribution in [-0.2, 0) is 6.42 Å². The van der Waals surface area contributed by atoms with Crippen LogP contribution in [0.2, 0.25) is 0 Å². The molecular weight excluding hydrogens is 304 g/mol. The smallest absolute Gasteiger partial charge is 0.335 e. The van der Waals surface area contributed by atoms with Gasteiger partial charge in [-0.3, -0.25) is 4.79 Å². The summed E-state index contributed by atoms with van der Waals surface area (Å²) in [5.41, 5.74) is 3.50. The van der Waals surface area contributed by atoms with Crippen LogP contribution < -0.4 is 10.5 Å². The zero-order chi connectivity index (χ0) is 16.7. The number of aromatic nitrogens is 1. The van der Waals surface area contributed by atoms with Gasteiger partial charge in [-0.2, -0.15) is 0 Å². The molecule has 0 unspecified atom stereocenters. The highest BCUT2D eigenvalue weighted by molar-refractivity contribution is 5.94. The summed E-state index contributed by atoms with van der Waals surface area (Å²) in [5.74, 6) is -0.979. The van der Waals surface area contributed by atoms with Crippen LogP contribution in [-0.4, -0.2) is 22.6 Å². The molecule has 0 aliphatic carbocycles. The third-order valence-electron chi connectivity index (χ3n) is 4.47. The second-order valence-electron chi connectivity index (χ2n) is 5.97. The molecule has 1 aromatic heterocycles. The Morgan fingerprint density at radius 1 is 1.08 bits per heavy atom. The monoisotopic (exact) mass is 320 g/mol. The number of hydrogen-bond donors (Lipinski definition) is 2. The van der Waals surface area contributed by atoms with Crippen molar-refractivity contribution >= 4 is 28.2 Å². The molecule has 5 heteroatoms. The van der Waals surface area contributed by atoms with Gasteiger partial charge >= 0.3 is 5.97 Å². The van der Waals surface area contributed by atoms with E-state index in [-0.39, 0.29) is 11.1 Å². The molecule has 2 N–H and O–H groups in total. The minimum Gasteiger partial charge on any atom is -0.478 e. The van der Waals surface area contributed by atoms with E-state index in [4.69, 9.17) is 5.11 Å². The van der Waals surface area contributed by atoms with Gasteiger partial charge in [-0.15, -0.1) is 0 Å². The predicted octanol–water partition coefficient (Wildman–Crippen LogP) is 3.31. The lowest BCUT2D eigenvalue weighted by Gasteiger charge is -2.30. The Morgan fingerprint density at radius 2 is 1.92 bits per heavy atom. The number of benzene rings is 2. The van der Waals surface area contributed by atoms with Crippen molar-refractivity contribution in [3.8, 4) is 0 Å². The fourth-order valence-electron chi connectivity index (χ4n) is 3.31. The van der Waals surface area contributed by atoms with Crippen molar-refractivity contribution in [3.05, 3.63) is 70.0 Å². The number of para-hydroxylation sites is 1. The minimum absolute atomic E-state index is 0.165. The van der Waals surface area contributed by atoms with Crippen LogP contribution in [0.1, 0.15) is 22.3 Å². The topological polar surface area (TPSA) is 73.4 Å². The molecule has 0 saturated carbocycles. The Bertz CT molecular complexity index is 1010. The molecule has 2 aromatic carbocycles. The molecule has 24 heavy (non-hydrogen) atoms. The average Bonchev–Trinajstić information content (AvgIpc) is 2.60. The van der Waals surface area contributed by atoms with Gasteiger partial charge in [0.2, 0.25) is 0 Å². The summed E-state index contributed by atoms with van der Waals surface area (Å²) in [4.78, 5) is 28.6. The number of aromatic carboxylic acids is 1. The van der Waals surface area contributed by atoms with Gasteiger partial charge in [-0.05, 0) is 48.7 Å². The first-order valence-corrected chi connectivity index (χ1v) is 7.89. The molecule has 4 rings (SSSR count). The lowest BCUT2D eigenvalue weighted by atomic mass is 10.0. The first kappa shape index (κ1) is 14.5. The number of aryl methyl sites for hydroxylation is 1. The Kier molecular flexibility index (Phi) is 3.34. The third-order valence-corrected chi connectivity index (χ3v) is 4.47. The number of carbonyl (C=O) groups is 1. The number of nitrogens with zero attached hydrogens (tertiary/aromatic N) is 1. The maximum Gasteiger partial charge on any atom is 0.335 e. The van der Waals surface area contributed by atoms with E-state index in [1.807, 2.05) is 23.1 Å². The summed E-state index contributed by atoms with van der Waals surface area (Å²) in [6, 6.07) is 14.6. The SMILES string of the molecule is O=C(O)c1ccc2[nH]c(=O)c(N3CCCc4ccccc43)cc2c1. The lowest BCUT2D eigenvalue weighted by Crippen LogP contribution is -2.29. The van der Waals surface area contributed by atoms with Gasteiger partial charge in [0.15, 0.2) is 0 Å². The number of nitrogens with one attached hydrogen (secondary N) is 1. The van der Waals surface area contributed by atoms with Crippen molar-refractivity contribution in [2.75, 3.05) is 11.4 Å². The van der Waals surface area contributed by atoms with Crippen molar-refractivity contribution < 1.29 is 9.90 Å². The number of carboxylic acids is 1. The molecule has 0 saturated heterocycles. The van der Waals surface area contributed by atoms with Crippen LogP contribution in [0.25, 0.3) is 10.9 Å². The molecule has 1 aliphatic heterocycles. The molecule has 0 radical (unpaired) electrons. The second-order valence-corrected chi connectivity index (χ2v) is 5.97. The summed E-state index contributed by atoms with van der Waals surface area (Å²) < 4.78 is 0. The fourth-order valence-corrected chi connectivity index (χ4v) is 3.31. The molecule has 0 spiro atoms. The Hall–Kier alpha value is -3.08. The van der Waals surface area contributed by atoms with Crippen LogP contribution >= 0.6 is 0 Å². The maximum atomic E-state index is 12.5. The Balaban J connectivity index is 1.89. The van der Waals surface area contributed by atoms with E-state index < -0.39 is 5.97 Å². The van der Waals surface area contributed by atoms with Gasteiger partial charge in [-0.25, -0.2) is 4.79 Å². The average molecular weight is 320 g/mol. The number of pyridine rings is 1. The highest BCUT2D eigenvalue weighted by Gasteiger charge is 2.20. The van der Waals surface area contributed by atoms with E-state index in [1.54, 1.807) is 18.2 Å². The highest BCUT2D eigenvalue weighted by atomic mass is 16.4. The third kappa shape index (κ3) is 2.34. The van der Waals surface area contributed by atoms with Crippen LogP contribution in [0.4, 0.5) is 11.4 Å². The molecule has 120 valence electrons. The molecule has 2 heterocycles. The summed E-state index contributed by atoms with van der Waals surface area (Å²) >= 11 is 0. The molecule has 0 fully saturated rings. The molecule has 0 bridgehead atoms. The Labute approximate surface area is 138 Å². The van der Waals surface area contributed by atoms with Crippen molar-refractivity contribution in [1.82, 2.24) is 4.98 Å². The minimum atomic E-state index is -0.979. The molecule has 0 amide bonds. The summed E-state index contributed by atoms with van der Waals surface area (Å²) in [6.07, 6.45) is 1.98. The van der Waals surface area contributed by atoms with Crippen LogP contribution in [0.15, 0.2) is 53.3 Å². The van der Waals surface area contributed by atoms with E-state index in [9.17, 15) is 9.59 Å². The number of fused-ring (bicyclic) bond motifs is 2. The number of hydrogen-bond acceptors (Lipinski definition) is 3. The summed E-state index contributed by atoms with van der Waals surface area (Å²) in [7, 11) is 0. The summed E-state index contributed by atoms with van der Waals surface area (Å²) in [5, 5.41) is 9.88. The summed E-state index contributed by atoms with van der Waals surface area (Å²) in [6.45, 7) is 0.768. The second kappa shape index (κ2) is 5.53. The standard InChI is InChI=1S/C19H16N2O3/c22-18-17(21-9-3-5-12-4-1-2-6-16(12)21)11-14-10-13(19(23)24)7-8-15(14)20-18/h1-2,4,6-8,10-11H,3,5,9H2,(H,20,22)(H,23,24). The van der Waals surface area contributed by atoms with Crippen LogP contribution in [0.5, 0.6) is 0 Å². The van der Waals surface area contributed by atoms with Crippen molar-refractivity contribution in [2.45, 2.75) is 12.8 Å². The van der Waals surface area contributed by atoms with Gasteiger partial charge in [0, 0.05) is 23.1 Å². The van der Waals surface area contributed by atoms with Crippen LogP contribution in [0.3, 0.4) is 0 Å². The molecule has 1 aliphatic rings. The van der Waals surface area contributed by atoms with E-state index in [0.29, 0.717) is 16.6 Å². The van der Waals surface area contributed by atoms with E-state index in [1.165, 1.54) is 11.6 Å². The molecule has 3 aromatic rings. The number of aromatic amines is 1. The number of anilines is 2.